The van der Waals surface area contributed by atoms with Crippen molar-refractivity contribution in [3.05, 3.63) is 88.7 Å². The van der Waals surface area contributed by atoms with Gasteiger partial charge in [0.2, 0.25) is 0 Å². The van der Waals surface area contributed by atoms with E-state index in [1.165, 1.54) is 0 Å². The van der Waals surface area contributed by atoms with Crippen LogP contribution in [0.15, 0.2) is 54.6 Å². The molecule has 0 bridgehead atoms. The molecule has 0 fully saturated rings. The summed E-state index contributed by atoms with van der Waals surface area (Å²) >= 11 is 0. The van der Waals surface area contributed by atoms with Crippen LogP contribution in [-0.2, 0) is 19.4 Å². The predicted octanol–water partition coefficient (Wildman–Crippen LogP) is 8.04. The zero-order valence-electron chi connectivity index (χ0n) is 18.2. The van der Waals surface area contributed by atoms with Gasteiger partial charge in [-0.05, 0) is 59.7 Å². The van der Waals surface area contributed by atoms with Gasteiger partial charge in [0.05, 0.1) is 0 Å². The second kappa shape index (κ2) is 11.0. The van der Waals surface area contributed by atoms with Gasteiger partial charge >= 0.3 is 0 Å². The molecule has 0 saturated carbocycles. The van der Waals surface area contributed by atoms with Crippen molar-refractivity contribution < 1.29 is 17.9 Å². The van der Waals surface area contributed by atoms with Gasteiger partial charge in [-0.3, -0.25) is 0 Å². The van der Waals surface area contributed by atoms with E-state index in [9.17, 15) is 13.2 Å². The molecular weight excluding hydrogens is 397 g/mol. The molecule has 0 atom stereocenters. The first-order valence-electron chi connectivity index (χ1n) is 11.0. The van der Waals surface area contributed by atoms with Crippen LogP contribution in [0.3, 0.4) is 0 Å². The maximum absolute atomic E-state index is 14.4. The molecule has 0 aromatic heterocycles. The first-order valence-corrected chi connectivity index (χ1v) is 11.0. The third kappa shape index (κ3) is 5.90. The molecule has 3 rings (SSSR count). The summed E-state index contributed by atoms with van der Waals surface area (Å²) < 4.78 is 48.4. The smallest absolute Gasteiger partial charge is 0.165 e. The zero-order valence-corrected chi connectivity index (χ0v) is 18.2. The minimum absolute atomic E-state index is 0.0599. The Balaban J connectivity index is 1.64. The van der Waals surface area contributed by atoms with Crippen LogP contribution in [0, 0.1) is 17.5 Å². The molecular formula is C27H29F3O. The van der Waals surface area contributed by atoms with E-state index in [2.05, 4.69) is 6.92 Å². The summed E-state index contributed by atoms with van der Waals surface area (Å²) in [5.41, 5.74) is 2.98. The Morgan fingerprint density at radius 1 is 0.645 bits per heavy atom. The molecule has 1 nitrogen and oxygen atoms in total. The van der Waals surface area contributed by atoms with E-state index in [1.54, 1.807) is 30.3 Å². The average molecular weight is 427 g/mol. The minimum Gasteiger partial charge on any atom is -0.489 e. The first kappa shape index (κ1) is 22.9. The number of hydrogen-bond donors (Lipinski definition) is 0. The molecule has 0 N–H and O–H groups in total. The first-order chi connectivity index (χ1) is 15.0. The molecule has 0 aliphatic heterocycles. The SMILES string of the molecule is CCCCCc1ccc(-c2ccc(OCc3ccc(CCC)c(F)c3F)cc2)cc1F. The van der Waals surface area contributed by atoms with Crippen molar-refractivity contribution in [2.45, 2.75) is 59.0 Å². The quantitative estimate of drug-likeness (QED) is 0.298. The molecule has 164 valence electrons. The molecule has 0 heterocycles. The van der Waals surface area contributed by atoms with E-state index < -0.39 is 11.6 Å². The van der Waals surface area contributed by atoms with Gasteiger partial charge in [-0.1, -0.05) is 69.5 Å². The van der Waals surface area contributed by atoms with Gasteiger partial charge in [-0.15, -0.1) is 0 Å². The summed E-state index contributed by atoms with van der Waals surface area (Å²) in [6, 6.07) is 15.7. The maximum atomic E-state index is 14.4. The summed E-state index contributed by atoms with van der Waals surface area (Å²) in [6.45, 7) is 3.99. The number of hydrogen-bond acceptors (Lipinski definition) is 1. The van der Waals surface area contributed by atoms with Gasteiger partial charge in [0.1, 0.15) is 18.2 Å². The van der Waals surface area contributed by atoms with Crippen molar-refractivity contribution in [2.75, 3.05) is 0 Å². The van der Waals surface area contributed by atoms with Gasteiger partial charge in [-0.25, -0.2) is 13.2 Å². The lowest BCUT2D eigenvalue weighted by atomic mass is 10.0. The van der Waals surface area contributed by atoms with Crippen LogP contribution in [-0.4, -0.2) is 0 Å². The van der Waals surface area contributed by atoms with Gasteiger partial charge in [0.25, 0.3) is 0 Å². The molecule has 0 radical (unpaired) electrons. The molecule has 0 aliphatic rings. The van der Waals surface area contributed by atoms with Crippen LogP contribution in [0.2, 0.25) is 0 Å². The van der Waals surface area contributed by atoms with E-state index in [-0.39, 0.29) is 18.0 Å². The second-order valence-corrected chi connectivity index (χ2v) is 7.84. The predicted molar refractivity (Wildman–Crippen MR) is 120 cm³/mol. The summed E-state index contributed by atoms with van der Waals surface area (Å²) in [5.74, 6) is -1.29. The monoisotopic (exact) mass is 426 g/mol. The zero-order chi connectivity index (χ0) is 22.2. The van der Waals surface area contributed by atoms with Gasteiger partial charge < -0.3 is 4.74 Å². The highest BCUT2D eigenvalue weighted by atomic mass is 19.2. The summed E-state index contributed by atoms with van der Waals surface area (Å²) in [6.07, 6.45) is 5.21. The third-order valence-electron chi connectivity index (χ3n) is 5.45. The van der Waals surface area contributed by atoms with Crippen LogP contribution in [0.1, 0.15) is 56.2 Å². The van der Waals surface area contributed by atoms with Crippen LogP contribution >= 0.6 is 0 Å². The van der Waals surface area contributed by atoms with Crippen molar-refractivity contribution in [3.63, 3.8) is 0 Å². The molecule has 4 heteroatoms. The van der Waals surface area contributed by atoms with Crippen molar-refractivity contribution in [1.82, 2.24) is 0 Å². The van der Waals surface area contributed by atoms with Crippen LogP contribution in [0.4, 0.5) is 13.2 Å². The Hall–Kier alpha value is -2.75. The fraction of sp³-hybridized carbons (Fsp3) is 0.333. The summed E-state index contributed by atoms with van der Waals surface area (Å²) in [7, 11) is 0. The number of unbranched alkanes of at least 4 members (excludes halogenated alkanes) is 2. The van der Waals surface area contributed by atoms with Gasteiger partial charge in [-0.2, -0.15) is 0 Å². The normalized spacial score (nSPS) is 11.0. The van der Waals surface area contributed by atoms with E-state index in [4.69, 9.17) is 4.74 Å². The standard InChI is InChI=1S/C27H29F3O/c1-3-5-6-8-20-9-11-22(17-25(20)28)19-13-15-24(16-14-19)31-18-23-12-10-21(7-4-2)26(29)27(23)30/h9-17H,3-8,18H2,1-2H3. The number of ether oxygens (including phenoxy) is 1. The van der Waals surface area contributed by atoms with Gasteiger partial charge in [0, 0.05) is 5.56 Å². The highest BCUT2D eigenvalue weighted by molar-refractivity contribution is 5.64. The topological polar surface area (TPSA) is 9.23 Å². The van der Waals surface area contributed by atoms with E-state index in [0.717, 1.165) is 48.8 Å². The largest absolute Gasteiger partial charge is 0.489 e. The molecule has 0 amide bonds. The number of rotatable bonds is 10. The number of halogens is 3. The molecule has 3 aromatic rings. The highest BCUT2D eigenvalue weighted by Gasteiger charge is 2.13. The molecule has 3 aromatic carbocycles. The highest BCUT2D eigenvalue weighted by Crippen LogP contribution is 2.26. The maximum Gasteiger partial charge on any atom is 0.165 e. The second-order valence-electron chi connectivity index (χ2n) is 7.84. The van der Waals surface area contributed by atoms with Crippen LogP contribution < -0.4 is 4.74 Å². The number of benzene rings is 3. The Kier molecular flexibility index (Phi) is 8.16. The van der Waals surface area contributed by atoms with Crippen molar-refractivity contribution in [1.29, 1.82) is 0 Å². The van der Waals surface area contributed by atoms with E-state index in [1.807, 2.05) is 31.2 Å². The van der Waals surface area contributed by atoms with E-state index in [0.29, 0.717) is 17.7 Å². The fourth-order valence-corrected chi connectivity index (χ4v) is 3.60. The fourth-order valence-electron chi connectivity index (χ4n) is 3.60. The third-order valence-corrected chi connectivity index (χ3v) is 5.45. The molecule has 0 aliphatic carbocycles. The molecule has 0 spiro atoms. The van der Waals surface area contributed by atoms with Crippen molar-refractivity contribution in [2.24, 2.45) is 0 Å². The Morgan fingerprint density at radius 3 is 1.97 bits per heavy atom. The van der Waals surface area contributed by atoms with Crippen molar-refractivity contribution >= 4 is 0 Å². The van der Waals surface area contributed by atoms with Crippen LogP contribution in [0.25, 0.3) is 11.1 Å². The molecule has 0 unspecified atom stereocenters. The van der Waals surface area contributed by atoms with Gasteiger partial charge in [0.15, 0.2) is 11.6 Å². The lowest BCUT2D eigenvalue weighted by Gasteiger charge is -2.11. The lowest BCUT2D eigenvalue weighted by molar-refractivity contribution is 0.297. The van der Waals surface area contributed by atoms with Crippen LogP contribution in [0.5, 0.6) is 5.75 Å². The Bertz CT molecular complexity index is 996. The summed E-state index contributed by atoms with van der Waals surface area (Å²) in [4.78, 5) is 0. The Morgan fingerprint density at radius 2 is 1.29 bits per heavy atom. The minimum atomic E-state index is -0.850. The average Bonchev–Trinajstić information content (AvgIpc) is 2.78. The number of aryl methyl sites for hydroxylation is 2. The molecule has 0 saturated heterocycles. The van der Waals surface area contributed by atoms with Crippen molar-refractivity contribution in [3.8, 4) is 16.9 Å². The lowest BCUT2D eigenvalue weighted by Crippen LogP contribution is -2.03. The Labute approximate surface area is 182 Å². The summed E-state index contributed by atoms with van der Waals surface area (Å²) in [5, 5.41) is 0. The van der Waals surface area contributed by atoms with E-state index >= 15 is 0 Å². The molecule has 31 heavy (non-hydrogen) atoms.